The Morgan fingerprint density at radius 1 is 1.47 bits per heavy atom. The van der Waals surface area contributed by atoms with E-state index in [0.717, 1.165) is 18.0 Å². The molecule has 3 nitrogen and oxygen atoms in total. The highest BCUT2D eigenvalue weighted by Crippen LogP contribution is 2.04. The summed E-state index contributed by atoms with van der Waals surface area (Å²) in [5, 5.41) is 7.94. The summed E-state index contributed by atoms with van der Waals surface area (Å²) < 4.78 is 2.00. The van der Waals surface area contributed by atoms with E-state index in [2.05, 4.69) is 43.5 Å². The second kappa shape index (κ2) is 6.18. The lowest BCUT2D eigenvalue weighted by molar-refractivity contribution is 0.515. The van der Waals surface area contributed by atoms with Crippen molar-refractivity contribution in [3.05, 3.63) is 18.0 Å². The summed E-state index contributed by atoms with van der Waals surface area (Å²) in [6.07, 6.45) is 4.17. The largest absolute Gasteiger partial charge is 0.308 e. The summed E-state index contributed by atoms with van der Waals surface area (Å²) in [6, 6.07) is 3.07. The Hall–Kier alpha value is -0.480. The predicted octanol–water partition coefficient (Wildman–Crippen LogP) is 2.31. The average Bonchev–Trinajstić information content (AvgIpc) is 2.63. The van der Waals surface area contributed by atoms with Crippen LogP contribution in [0.25, 0.3) is 0 Å². The highest BCUT2D eigenvalue weighted by atomic mass is 32.2. The molecule has 1 rings (SSSR count). The summed E-state index contributed by atoms with van der Waals surface area (Å²) in [6.45, 7) is 7.35. The Morgan fingerprint density at radius 3 is 2.73 bits per heavy atom. The summed E-state index contributed by atoms with van der Waals surface area (Å²) in [5.41, 5.74) is 1.12. The molecule has 4 heteroatoms. The molecule has 1 unspecified atom stereocenters. The van der Waals surface area contributed by atoms with Crippen molar-refractivity contribution in [3.8, 4) is 0 Å². The normalized spacial score (nSPS) is 13.4. The molecule has 0 bridgehead atoms. The van der Waals surface area contributed by atoms with Crippen molar-refractivity contribution in [1.29, 1.82) is 0 Å². The minimum atomic E-state index is 0.447. The number of hydrogen-bond acceptors (Lipinski definition) is 3. The van der Waals surface area contributed by atoms with Gasteiger partial charge in [0.2, 0.25) is 0 Å². The van der Waals surface area contributed by atoms with Gasteiger partial charge in [-0.05, 0) is 33.1 Å². The summed E-state index contributed by atoms with van der Waals surface area (Å²) >= 11 is 1.87. The molecule has 0 saturated carbocycles. The molecule has 0 fully saturated rings. The monoisotopic (exact) mass is 227 g/mol. The van der Waals surface area contributed by atoms with Gasteiger partial charge in [-0.1, -0.05) is 0 Å². The van der Waals surface area contributed by atoms with Gasteiger partial charge in [0, 0.05) is 30.6 Å². The molecule has 1 aromatic heterocycles. The Bertz CT molecular complexity index is 283. The van der Waals surface area contributed by atoms with E-state index in [1.165, 1.54) is 0 Å². The van der Waals surface area contributed by atoms with Crippen LogP contribution in [0.15, 0.2) is 12.3 Å². The van der Waals surface area contributed by atoms with E-state index in [0.29, 0.717) is 12.1 Å². The van der Waals surface area contributed by atoms with Gasteiger partial charge in [-0.2, -0.15) is 16.9 Å². The minimum Gasteiger partial charge on any atom is -0.308 e. The zero-order valence-corrected chi connectivity index (χ0v) is 10.8. The van der Waals surface area contributed by atoms with Crippen molar-refractivity contribution in [2.75, 3.05) is 12.0 Å². The van der Waals surface area contributed by atoms with E-state index >= 15 is 0 Å². The molecule has 1 N–H and O–H groups in total. The van der Waals surface area contributed by atoms with Crippen molar-refractivity contribution < 1.29 is 0 Å². The van der Waals surface area contributed by atoms with Crippen LogP contribution in [0, 0.1) is 0 Å². The summed E-state index contributed by atoms with van der Waals surface area (Å²) in [7, 11) is 0. The molecule has 0 aliphatic rings. The second-order valence-electron chi connectivity index (χ2n) is 4.12. The maximum absolute atomic E-state index is 4.49. The third kappa shape index (κ3) is 4.26. The van der Waals surface area contributed by atoms with Gasteiger partial charge in [-0.15, -0.1) is 0 Å². The molecule has 0 aliphatic carbocycles. The SMILES string of the molecule is CSCC(C)NCc1ccn(C(C)C)n1. The first kappa shape index (κ1) is 12.6. The molecule has 0 aliphatic heterocycles. The van der Waals surface area contributed by atoms with E-state index < -0.39 is 0 Å². The molecule has 0 amide bonds. The Balaban J connectivity index is 2.37. The lowest BCUT2D eigenvalue weighted by Crippen LogP contribution is -2.27. The maximum Gasteiger partial charge on any atom is 0.0762 e. The van der Waals surface area contributed by atoms with Gasteiger partial charge in [0.1, 0.15) is 0 Å². The molecular formula is C11H21N3S. The van der Waals surface area contributed by atoms with Crippen molar-refractivity contribution >= 4 is 11.8 Å². The molecule has 0 aromatic carbocycles. The fourth-order valence-corrected chi connectivity index (χ4v) is 1.96. The first-order valence-corrected chi connectivity index (χ1v) is 6.79. The summed E-state index contributed by atoms with van der Waals surface area (Å²) in [5.74, 6) is 1.14. The lowest BCUT2D eigenvalue weighted by Gasteiger charge is -2.10. The second-order valence-corrected chi connectivity index (χ2v) is 5.03. The predicted molar refractivity (Wildman–Crippen MR) is 67.3 cm³/mol. The molecule has 0 spiro atoms. The van der Waals surface area contributed by atoms with Gasteiger partial charge in [0.25, 0.3) is 0 Å². The van der Waals surface area contributed by atoms with E-state index in [9.17, 15) is 0 Å². The topological polar surface area (TPSA) is 29.9 Å². The maximum atomic E-state index is 4.49. The van der Waals surface area contributed by atoms with Crippen LogP contribution in [0.3, 0.4) is 0 Å². The van der Waals surface area contributed by atoms with Crippen molar-refractivity contribution in [1.82, 2.24) is 15.1 Å². The van der Waals surface area contributed by atoms with Crippen LogP contribution < -0.4 is 5.32 Å². The minimum absolute atomic E-state index is 0.447. The highest BCUT2D eigenvalue weighted by Gasteiger charge is 2.04. The Labute approximate surface area is 96.6 Å². The standard InChI is InChI=1S/C11H21N3S/c1-9(2)14-6-5-11(13-14)7-12-10(3)8-15-4/h5-6,9-10,12H,7-8H2,1-4H3. The number of thioether (sulfide) groups is 1. The highest BCUT2D eigenvalue weighted by molar-refractivity contribution is 7.98. The van der Waals surface area contributed by atoms with Crippen LogP contribution in [-0.4, -0.2) is 27.8 Å². The first-order valence-electron chi connectivity index (χ1n) is 5.40. The van der Waals surface area contributed by atoms with Crippen molar-refractivity contribution in [2.45, 2.75) is 39.4 Å². The fraction of sp³-hybridized carbons (Fsp3) is 0.727. The van der Waals surface area contributed by atoms with Crippen molar-refractivity contribution in [3.63, 3.8) is 0 Å². The van der Waals surface area contributed by atoms with Crippen LogP contribution in [-0.2, 0) is 6.54 Å². The van der Waals surface area contributed by atoms with E-state index in [1.54, 1.807) is 0 Å². The Morgan fingerprint density at radius 2 is 2.20 bits per heavy atom. The first-order chi connectivity index (χ1) is 7.13. The lowest BCUT2D eigenvalue weighted by atomic mass is 10.3. The molecule has 1 heterocycles. The van der Waals surface area contributed by atoms with Crippen molar-refractivity contribution in [2.24, 2.45) is 0 Å². The zero-order valence-electron chi connectivity index (χ0n) is 10.0. The summed E-state index contributed by atoms with van der Waals surface area (Å²) in [4.78, 5) is 0. The van der Waals surface area contributed by atoms with Gasteiger partial charge in [-0.25, -0.2) is 0 Å². The molecule has 0 saturated heterocycles. The van der Waals surface area contributed by atoms with Gasteiger partial charge in [-0.3, -0.25) is 4.68 Å². The quantitative estimate of drug-likeness (QED) is 0.809. The fourth-order valence-electron chi connectivity index (χ4n) is 1.35. The Kier molecular flexibility index (Phi) is 5.19. The number of nitrogens with one attached hydrogen (secondary N) is 1. The molecule has 0 radical (unpaired) electrons. The zero-order chi connectivity index (χ0) is 11.3. The third-order valence-corrected chi connectivity index (χ3v) is 3.07. The number of nitrogens with zero attached hydrogens (tertiary/aromatic N) is 2. The van der Waals surface area contributed by atoms with Gasteiger partial charge < -0.3 is 5.32 Å². The number of hydrogen-bond donors (Lipinski definition) is 1. The molecule has 1 atom stereocenters. The van der Waals surface area contributed by atoms with Crippen LogP contribution in [0.2, 0.25) is 0 Å². The van der Waals surface area contributed by atoms with Crippen LogP contribution >= 0.6 is 11.8 Å². The van der Waals surface area contributed by atoms with E-state index in [4.69, 9.17) is 0 Å². The third-order valence-electron chi connectivity index (χ3n) is 2.24. The molecule has 86 valence electrons. The van der Waals surface area contributed by atoms with E-state index in [-0.39, 0.29) is 0 Å². The molecular weight excluding hydrogens is 206 g/mol. The molecule has 15 heavy (non-hydrogen) atoms. The average molecular weight is 227 g/mol. The van der Waals surface area contributed by atoms with E-state index in [1.807, 2.05) is 22.6 Å². The van der Waals surface area contributed by atoms with Gasteiger partial charge in [0.05, 0.1) is 5.69 Å². The van der Waals surface area contributed by atoms with Gasteiger partial charge in [0.15, 0.2) is 0 Å². The molecule has 1 aromatic rings. The van der Waals surface area contributed by atoms with Gasteiger partial charge >= 0.3 is 0 Å². The number of aromatic nitrogens is 2. The van der Waals surface area contributed by atoms with Crippen LogP contribution in [0.5, 0.6) is 0 Å². The number of rotatable bonds is 6. The van der Waals surface area contributed by atoms with Crippen LogP contribution in [0.1, 0.15) is 32.5 Å². The smallest absolute Gasteiger partial charge is 0.0762 e. The van der Waals surface area contributed by atoms with Crippen LogP contribution in [0.4, 0.5) is 0 Å².